The largest absolute Gasteiger partial charge is 0.338 e. The van der Waals surface area contributed by atoms with Crippen molar-refractivity contribution < 1.29 is 14.0 Å². The summed E-state index contributed by atoms with van der Waals surface area (Å²) in [5, 5.41) is 12.4. The van der Waals surface area contributed by atoms with Gasteiger partial charge < -0.3 is 15.5 Å². The molecule has 0 spiro atoms. The molecule has 0 unspecified atom stereocenters. The quantitative estimate of drug-likeness (QED) is 0.784. The van der Waals surface area contributed by atoms with Crippen molar-refractivity contribution in [1.82, 2.24) is 20.4 Å². The molecule has 1 aromatic carbocycles. The summed E-state index contributed by atoms with van der Waals surface area (Å²) in [6.07, 6.45) is 3.27. The minimum absolute atomic E-state index is 0.0284. The fourth-order valence-corrected chi connectivity index (χ4v) is 3.24. The topological polar surface area (TPSA) is 90.1 Å². The molecule has 0 radical (unpaired) electrons. The Labute approximate surface area is 151 Å². The van der Waals surface area contributed by atoms with Crippen LogP contribution >= 0.6 is 0 Å². The van der Waals surface area contributed by atoms with Crippen LogP contribution in [0.2, 0.25) is 0 Å². The lowest BCUT2D eigenvalue weighted by Crippen LogP contribution is -2.39. The molecular weight excluding hydrogens is 337 g/mol. The SMILES string of the molecule is CCNC(=O)Nc1cn[nH]c1[C@H]1CCCN(C(=O)c2cccc(F)c2)C1. The van der Waals surface area contributed by atoms with E-state index < -0.39 is 5.82 Å². The zero-order valence-electron chi connectivity index (χ0n) is 14.6. The highest BCUT2D eigenvalue weighted by atomic mass is 19.1. The van der Waals surface area contributed by atoms with Gasteiger partial charge in [-0.25, -0.2) is 9.18 Å². The zero-order chi connectivity index (χ0) is 18.5. The Morgan fingerprint density at radius 2 is 2.27 bits per heavy atom. The number of nitrogens with one attached hydrogen (secondary N) is 3. The van der Waals surface area contributed by atoms with Gasteiger partial charge in [0.25, 0.3) is 5.91 Å². The van der Waals surface area contributed by atoms with Gasteiger partial charge in [0.15, 0.2) is 0 Å². The summed E-state index contributed by atoms with van der Waals surface area (Å²) in [6.45, 7) is 3.48. The first kappa shape index (κ1) is 17.9. The van der Waals surface area contributed by atoms with Crippen LogP contribution < -0.4 is 10.6 Å². The average molecular weight is 359 g/mol. The molecule has 3 N–H and O–H groups in total. The molecule has 2 aromatic rings. The third kappa shape index (κ3) is 4.01. The van der Waals surface area contributed by atoms with E-state index in [4.69, 9.17) is 0 Å². The van der Waals surface area contributed by atoms with Crippen LogP contribution in [-0.4, -0.2) is 46.7 Å². The fraction of sp³-hybridized carbons (Fsp3) is 0.389. The van der Waals surface area contributed by atoms with Gasteiger partial charge in [-0.2, -0.15) is 5.10 Å². The number of urea groups is 1. The Morgan fingerprint density at radius 1 is 1.42 bits per heavy atom. The van der Waals surface area contributed by atoms with Crippen LogP contribution in [0.25, 0.3) is 0 Å². The van der Waals surface area contributed by atoms with Gasteiger partial charge in [-0.05, 0) is 38.0 Å². The van der Waals surface area contributed by atoms with Crippen LogP contribution in [0.15, 0.2) is 30.5 Å². The van der Waals surface area contributed by atoms with Crippen molar-refractivity contribution in [3.63, 3.8) is 0 Å². The molecule has 1 fully saturated rings. The number of aromatic amines is 1. The van der Waals surface area contributed by atoms with E-state index in [1.54, 1.807) is 17.2 Å². The number of likely N-dealkylation sites (tertiary alicyclic amines) is 1. The Balaban J connectivity index is 1.72. The maximum Gasteiger partial charge on any atom is 0.319 e. The second-order valence-corrected chi connectivity index (χ2v) is 6.28. The number of nitrogens with zero attached hydrogens (tertiary/aromatic N) is 2. The highest BCUT2D eigenvalue weighted by Crippen LogP contribution is 2.31. The third-order valence-electron chi connectivity index (χ3n) is 4.44. The summed E-state index contributed by atoms with van der Waals surface area (Å²) in [6, 6.07) is 5.43. The van der Waals surface area contributed by atoms with E-state index in [1.807, 2.05) is 6.92 Å². The van der Waals surface area contributed by atoms with Crippen molar-refractivity contribution in [2.75, 3.05) is 25.0 Å². The van der Waals surface area contributed by atoms with Crippen molar-refractivity contribution in [2.45, 2.75) is 25.7 Å². The highest BCUT2D eigenvalue weighted by molar-refractivity contribution is 5.94. The standard InChI is InChI=1S/C18H22FN5O2/c1-2-20-18(26)22-15-10-21-23-16(15)13-6-4-8-24(11-13)17(25)12-5-3-7-14(19)9-12/h3,5,7,9-10,13H,2,4,6,8,11H2,1H3,(H,21,23)(H2,20,22,26)/t13-/m0/s1. The molecule has 8 heteroatoms. The lowest BCUT2D eigenvalue weighted by atomic mass is 9.93. The zero-order valence-corrected chi connectivity index (χ0v) is 14.6. The van der Waals surface area contributed by atoms with Crippen molar-refractivity contribution in [2.24, 2.45) is 0 Å². The number of benzene rings is 1. The Kier molecular flexibility index (Phi) is 5.50. The van der Waals surface area contributed by atoms with Gasteiger partial charge in [-0.1, -0.05) is 6.07 Å². The molecule has 1 atom stereocenters. The molecule has 2 heterocycles. The average Bonchev–Trinajstić information content (AvgIpc) is 3.09. The first-order valence-electron chi connectivity index (χ1n) is 8.71. The third-order valence-corrected chi connectivity index (χ3v) is 4.44. The van der Waals surface area contributed by atoms with Gasteiger partial charge >= 0.3 is 6.03 Å². The number of carbonyl (C=O) groups excluding carboxylic acids is 2. The fourth-order valence-electron chi connectivity index (χ4n) is 3.24. The van der Waals surface area contributed by atoms with Crippen LogP contribution in [0.5, 0.6) is 0 Å². The number of amides is 3. The molecule has 7 nitrogen and oxygen atoms in total. The van der Waals surface area contributed by atoms with Crippen LogP contribution in [0.3, 0.4) is 0 Å². The van der Waals surface area contributed by atoms with Crippen molar-refractivity contribution in [3.8, 4) is 0 Å². The number of aromatic nitrogens is 2. The van der Waals surface area contributed by atoms with E-state index in [9.17, 15) is 14.0 Å². The smallest absolute Gasteiger partial charge is 0.319 e. The Morgan fingerprint density at radius 3 is 3.04 bits per heavy atom. The highest BCUT2D eigenvalue weighted by Gasteiger charge is 2.28. The molecule has 3 amide bonds. The second kappa shape index (κ2) is 7.99. The lowest BCUT2D eigenvalue weighted by molar-refractivity contribution is 0.0705. The van der Waals surface area contributed by atoms with Crippen LogP contribution in [0, 0.1) is 5.82 Å². The number of rotatable bonds is 4. The van der Waals surface area contributed by atoms with Gasteiger partial charge in [-0.15, -0.1) is 0 Å². The first-order valence-corrected chi connectivity index (χ1v) is 8.71. The monoisotopic (exact) mass is 359 g/mol. The van der Waals surface area contributed by atoms with E-state index in [0.29, 0.717) is 30.9 Å². The maximum absolute atomic E-state index is 13.4. The molecule has 26 heavy (non-hydrogen) atoms. The van der Waals surface area contributed by atoms with E-state index in [1.165, 1.54) is 18.2 Å². The predicted molar refractivity (Wildman–Crippen MR) is 95.6 cm³/mol. The number of carbonyl (C=O) groups is 2. The minimum atomic E-state index is -0.425. The molecule has 1 aromatic heterocycles. The van der Waals surface area contributed by atoms with E-state index in [0.717, 1.165) is 18.5 Å². The van der Waals surface area contributed by atoms with Gasteiger partial charge in [0.05, 0.1) is 17.6 Å². The maximum atomic E-state index is 13.4. The Hall–Kier alpha value is -2.90. The normalized spacial score (nSPS) is 17.0. The summed E-state index contributed by atoms with van der Waals surface area (Å²) in [5.74, 6) is -0.584. The number of H-pyrrole nitrogens is 1. The molecule has 1 aliphatic rings. The molecule has 0 aliphatic carbocycles. The summed E-state index contributed by atoms with van der Waals surface area (Å²) >= 11 is 0. The lowest BCUT2D eigenvalue weighted by Gasteiger charge is -2.32. The summed E-state index contributed by atoms with van der Waals surface area (Å²) in [7, 11) is 0. The number of hydrogen-bond acceptors (Lipinski definition) is 3. The molecule has 1 aliphatic heterocycles. The van der Waals surface area contributed by atoms with E-state index in [2.05, 4.69) is 20.8 Å². The molecule has 1 saturated heterocycles. The number of anilines is 1. The van der Waals surface area contributed by atoms with E-state index in [-0.39, 0.29) is 17.9 Å². The Bertz CT molecular complexity index is 791. The van der Waals surface area contributed by atoms with Crippen LogP contribution in [-0.2, 0) is 0 Å². The number of piperidine rings is 1. The molecule has 3 rings (SSSR count). The van der Waals surface area contributed by atoms with Crippen molar-refractivity contribution in [3.05, 3.63) is 47.5 Å². The molecule has 138 valence electrons. The van der Waals surface area contributed by atoms with Crippen LogP contribution in [0.1, 0.15) is 41.7 Å². The number of halogens is 1. The molecule has 0 bridgehead atoms. The van der Waals surface area contributed by atoms with Gasteiger partial charge in [0.2, 0.25) is 0 Å². The van der Waals surface area contributed by atoms with Crippen molar-refractivity contribution in [1.29, 1.82) is 0 Å². The summed E-state index contributed by atoms with van der Waals surface area (Å²) in [5.41, 5.74) is 1.75. The van der Waals surface area contributed by atoms with Crippen molar-refractivity contribution >= 4 is 17.6 Å². The van der Waals surface area contributed by atoms with E-state index >= 15 is 0 Å². The minimum Gasteiger partial charge on any atom is -0.338 e. The van der Waals surface area contributed by atoms with Crippen LogP contribution in [0.4, 0.5) is 14.9 Å². The van der Waals surface area contributed by atoms with Gasteiger partial charge in [-0.3, -0.25) is 9.89 Å². The van der Waals surface area contributed by atoms with Gasteiger partial charge in [0, 0.05) is 31.1 Å². The van der Waals surface area contributed by atoms with Gasteiger partial charge in [0.1, 0.15) is 5.82 Å². The summed E-state index contributed by atoms with van der Waals surface area (Å²) in [4.78, 5) is 26.2. The predicted octanol–water partition coefficient (Wildman–Crippen LogP) is 2.71. The molecule has 0 saturated carbocycles. The second-order valence-electron chi connectivity index (χ2n) is 6.28. The molecular formula is C18H22FN5O2. The number of hydrogen-bond donors (Lipinski definition) is 3. The first-order chi connectivity index (χ1) is 12.6. The summed E-state index contributed by atoms with van der Waals surface area (Å²) < 4.78 is 13.4.